The highest BCUT2D eigenvalue weighted by Gasteiger charge is 2.20. The van der Waals surface area contributed by atoms with Crippen LogP contribution in [0.2, 0.25) is 0 Å². The average Bonchev–Trinajstić information content (AvgIpc) is 2.55. The second-order valence-corrected chi connectivity index (χ2v) is 4.08. The number of pyridine rings is 1. The van der Waals surface area contributed by atoms with Gasteiger partial charge in [0.05, 0.1) is 12.6 Å². The van der Waals surface area contributed by atoms with E-state index in [1.807, 2.05) is 24.5 Å². The minimum Gasteiger partial charge on any atom is -0.394 e. The van der Waals surface area contributed by atoms with Gasteiger partial charge in [0, 0.05) is 24.6 Å². The lowest BCUT2D eigenvalue weighted by Crippen LogP contribution is -2.37. The summed E-state index contributed by atoms with van der Waals surface area (Å²) >= 11 is 0. The fourth-order valence-electron chi connectivity index (χ4n) is 2.24. The van der Waals surface area contributed by atoms with Crippen molar-refractivity contribution in [3.8, 4) is 0 Å². The van der Waals surface area contributed by atoms with E-state index in [-0.39, 0.29) is 12.6 Å². The molecule has 1 aliphatic heterocycles. The molecule has 0 bridgehead atoms. The second-order valence-electron chi connectivity index (χ2n) is 4.08. The average molecular weight is 206 g/mol. The Balaban J connectivity index is 2.16. The van der Waals surface area contributed by atoms with Crippen molar-refractivity contribution in [2.24, 2.45) is 0 Å². The largest absolute Gasteiger partial charge is 0.394 e. The Morgan fingerprint density at radius 2 is 2.07 bits per heavy atom. The summed E-state index contributed by atoms with van der Waals surface area (Å²) in [5.74, 6) is 0. The molecule has 1 unspecified atom stereocenters. The van der Waals surface area contributed by atoms with E-state index in [1.54, 1.807) is 0 Å². The van der Waals surface area contributed by atoms with Gasteiger partial charge in [0.25, 0.3) is 0 Å². The number of hydrogen-bond acceptors (Lipinski definition) is 3. The first-order chi connectivity index (χ1) is 7.42. The number of aromatic nitrogens is 1. The Labute approximate surface area is 90.8 Å². The molecule has 1 fully saturated rings. The van der Waals surface area contributed by atoms with E-state index >= 15 is 0 Å². The van der Waals surface area contributed by atoms with Crippen LogP contribution in [0.25, 0.3) is 0 Å². The lowest BCUT2D eigenvalue weighted by atomic mass is 10.1. The summed E-state index contributed by atoms with van der Waals surface area (Å²) in [6.07, 6.45) is 8.45. The van der Waals surface area contributed by atoms with Crippen LogP contribution in [0.4, 0.5) is 5.69 Å². The lowest BCUT2D eigenvalue weighted by molar-refractivity contribution is 0.255. The first-order valence-electron chi connectivity index (χ1n) is 5.69. The summed E-state index contributed by atoms with van der Waals surface area (Å²) in [7, 11) is 0. The number of hydrogen-bond donors (Lipinski definition) is 1. The van der Waals surface area contributed by atoms with Crippen LogP contribution in [0.3, 0.4) is 0 Å². The number of aliphatic hydroxyl groups excluding tert-OH is 1. The molecular weight excluding hydrogens is 188 g/mol. The van der Waals surface area contributed by atoms with Gasteiger partial charge in [-0.3, -0.25) is 4.98 Å². The highest BCUT2D eigenvalue weighted by atomic mass is 16.3. The van der Waals surface area contributed by atoms with Gasteiger partial charge < -0.3 is 10.0 Å². The van der Waals surface area contributed by atoms with E-state index in [0.29, 0.717) is 0 Å². The predicted molar refractivity (Wildman–Crippen MR) is 60.9 cm³/mol. The molecule has 0 aromatic carbocycles. The van der Waals surface area contributed by atoms with Gasteiger partial charge in [0.15, 0.2) is 0 Å². The molecule has 0 spiro atoms. The van der Waals surface area contributed by atoms with Crippen LogP contribution >= 0.6 is 0 Å². The van der Waals surface area contributed by atoms with Crippen molar-refractivity contribution in [2.45, 2.75) is 31.7 Å². The topological polar surface area (TPSA) is 36.4 Å². The summed E-state index contributed by atoms with van der Waals surface area (Å²) in [5.41, 5.74) is 1.19. The van der Waals surface area contributed by atoms with Crippen molar-refractivity contribution < 1.29 is 5.11 Å². The van der Waals surface area contributed by atoms with Crippen LogP contribution < -0.4 is 4.90 Å². The smallest absolute Gasteiger partial charge is 0.0635 e. The van der Waals surface area contributed by atoms with Gasteiger partial charge in [-0.25, -0.2) is 0 Å². The first kappa shape index (κ1) is 10.4. The van der Waals surface area contributed by atoms with Gasteiger partial charge in [0.1, 0.15) is 0 Å². The Morgan fingerprint density at radius 1 is 1.27 bits per heavy atom. The molecule has 1 aromatic heterocycles. The maximum Gasteiger partial charge on any atom is 0.0635 e. The standard InChI is InChI=1S/C12H18N2O/c15-10-12-4-2-1-3-9-14(12)11-5-7-13-8-6-11/h5-8,12,15H,1-4,9-10H2. The van der Waals surface area contributed by atoms with Crippen LogP contribution in [0.1, 0.15) is 25.7 Å². The normalized spacial score (nSPS) is 22.5. The van der Waals surface area contributed by atoms with E-state index in [9.17, 15) is 5.11 Å². The third kappa shape index (κ3) is 2.48. The van der Waals surface area contributed by atoms with E-state index in [4.69, 9.17) is 0 Å². The van der Waals surface area contributed by atoms with Gasteiger partial charge in [0.2, 0.25) is 0 Å². The SMILES string of the molecule is OCC1CCCCCN1c1ccncc1. The van der Waals surface area contributed by atoms with E-state index in [1.165, 1.54) is 24.9 Å². The number of nitrogens with zero attached hydrogens (tertiary/aromatic N) is 2. The molecule has 1 N–H and O–H groups in total. The zero-order chi connectivity index (χ0) is 10.5. The van der Waals surface area contributed by atoms with Crippen LogP contribution in [0, 0.1) is 0 Å². The van der Waals surface area contributed by atoms with Gasteiger partial charge in [-0.05, 0) is 25.0 Å². The summed E-state index contributed by atoms with van der Waals surface area (Å²) < 4.78 is 0. The molecule has 82 valence electrons. The Morgan fingerprint density at radius 3 is 2.80 bits per heavy atom. The molecule has 1 atom stereocenters. The molecule has 3 nitrogen and oxygen atoms in total. The first-order valence-corrected chi connectivity index (χ1v) is 5.69. The molecule has 0 radical (unpaired) electrons. The van der Waals surface area contributed by atoms with Crippen LogP contribution in [0.15, 0.2) is 24.5 Å². The summed E-state index contributed by atoms with van der Waals surface area (Å²) in [6.45, 7) is 1.30. The van der Waals surface area contributed by atoms with Gasteiger partial charge in [-0.1, -0.05) is 12.8 Å². The lowest BCUT2D eigenvalue weighted by Gasteiger charge is -2.30. The second kappa shape index (κ2) is 5.12. The molecule has 0 saturated carbocycles. The minimum absolute atomic E-state index is 0.252. The summed E-state index contributed by atoms with van der Waals surface area (Å²) in [5, 5.41) is 9.39. The van der Waals surface area contributed by atoms with Gasteiger partial charge in [-0.15, -0.1) is 0 Å². The molecule has 2 rings (SSSR count). The highest BCUT2D eigenvalue weighted by molar-refractivity contribution is 5.45. The van der Waals surface area contributed by atoms with Gasteiger partial charge in [-0.2, -0.15) is 0 Å². The zero-order valence-corrected chi connectivity index (χ0v) is 8.97. The van der Waals surface area contributed by atoms with Crippen molar-refractivity contribution >= 4 is 5.69 Å². The molecule has 1 aromatic rings. The summed E-state index contributed by atoms with van der Waals surface area (Å²) in [4.78, 5) is 6.34. The van der Waals surface area contributed by atoms with Crippen LogP contribution in [-0.2, 0) is 0 Å². The van der Waals surface area contributed by atoms with Crippen molar-refractivity contribution in [2.75, 3.05) is 18.1 Å². The fraction of sp³-hybridized carbons (Fsp3) is 0.583. The molecule has 0 amide bonds. The number of anilines is 1. The van der Waals surface area contributed by atoms with Gasteiger partial charge >= 0.3 is 0 Å². The minimum atomic E-state index is 0.252. The van der Waals surface area contributed by atoms with Crippen molar-refractivity contribution in [3.05, 3.63) is 24.5 Å². The van der Waals surface area contributed by atoms with Crippen LogP contribution in [-0.4, -0.2) is 29.3 Å². The highest BCUT2D eigenvalue weighted by Crippen LogP contribution is 2.23. The number of aliphatic hydroxyl groups is 1. The molecule has 1 saturated heterocycles. The Bertz CT molecular complexity index is 289. The van der Waals surface area contributed by atoms with Crippen molar-refractivity contribution in [1.82, 2.24) is 4.98 Å². The zero-order valence-electron chi connectivity index (χ0n) is 8.97. The molecule has 1 aliphatic rings. The molecule has 0 aliphatic carbocycles. The van der Waals surface area contributed by atoms with Crippen molar-refractivity contribution in [1.29, 1.82) is 0 Å². The molecular formula is C12H18N2O. The maximum absolute atomic E-state index is 9.39. The number of rotatable bonds is 2. The fourth-order valence-corrected chi connectivity index (χ4v) is 2.24. The van der Waals surface area contributed by atoms with Crippen LogP contribution in [0.5, 0.6) is 0 Å². The molecule has 2 heterocycles. The van der Waals surface area contributed by atoms with E-state index < -0.39 is 0 Å². The molecule has 3 heteroatoms. The van der Waals surface area contributed by atoms with E-state index in [0.717, 1.165) is 13.0 Å². The third-order valence-corrected chi connectivity index (χ3v) is 3.08. The quantitative estimate of drug-likeness (QED) is 0.802. The van der Waals surface area contributed by atoms with Crippen molar-refractivity contribution in [3.63, 3.8) is 0 Å². The maximum atomic E-state index is 9.39. The third-order valence-electron chi connectivity index (χ3n) is 3.08. The van der Waals surface area contributed by atoms with E-state index in [2.05, 4.69) is 9.88 Å². The molecule has 15 heavy (non-hydrogen) atoms. The Hall–Kier alpha value is -1.09. The monoisotopic (exact) mass is 206 g/mol. The predicted octanol–water partition coefficient (Wildman–Crippen LogP) is 1.82. The summed E-state index contributed by atoms with van der Waals surface area (Å²) in [6, 6.07) is 4.33. The Kier molecular flexibility index (Phi) is 3.56.